The molecule has 3 rings (SSSR count). The van der Waals surface area contributed by atoms with E-state index in [1.165, 1.54) is 24.3 Å². The van der Waals surface area contributed by atoms with Gasteiger partial charge in [0.15, 0.2) is 29.7 Å². The first-order chi connectivity index (χ1) is 13.9. The van der Waals surface area contributed by atoms with Gasteiger partial charge in [-0.25, -0.2) is 0 Å². The SMILES string of the molecule is O=C(CCC(=O)c1ccc2c(c1)OCCO2)OCC(=O)c1ccc([N+](=O)[O-])cc1. The number of carbonyl (C=O) groups excluding carboxylic acids is 3. The zero-order valence-corrected chi connectivity index (χ0v) is 15.3. The smallest absolute Gasteiger partial charge is 0.306 e. The van der Waals surface area contributed by atoms with E-state index in [4.69, 9.17) is 14.2 Å². The zero-order chi connectivity index (χ0) is 20.8. The molecule has 1 heterocycles. The van der Waals surface area contributed by atoms with Crippen LogP contribution in [0.2, 0.25) is 0 Å². The van der Waals surface area contributed by atoms with Crippen molar-refractivity contribution in [3.63, 3.8) is 0 Å². The van der Waals surface area contributed by atoms with Gasteiger partial charge in [0.25, 0.3) is 5.69 Å². The van der Waals surface area contributed by atoms with Crippen LogP contribution in [0, 0.1) is 10.1 Å². The Morgan fingerprint density at radius 2 is 1.55 bits per heavy atom. The highest BCUT2D eigenvalue weighted by Crippen LogP contribution is 2.31. The van der Waals surface area contributed by atoms with Crippen molar-refractivity contribution < 1.29 is 33.5 Å². The summed E-state index contributed by atoms with van der Waals surface area (Å²) in [5.41, 5.74) is 0.441. The second-order valence-electron chi connectivity index (χ2n) is 6.17. The summed E-state index contributed by atoms with van der Waals surface area (Å²) in [6, 6.07) is 9.78. The van der Waals surface area contributed by atoms with Crippen molar-refractivity contribution in [3.8, 4) is 11.5 Å². The van der Waals surface area contributed by atoms with Gasteiger partial charge in [0.05, 0.1) is 11.3 Å². The lowest BCUT2D eigenvalue weighted by molar-refractivity contribution is -0.384. The molecule has 0 amide bonds. The minimum absolute atomic E-state index is 0.0792. The Balaban J connectivity index is 1.46. The topological polar surface area (TPSA) is 122 Å². The Morgan fingerprint density at radius 3 is 2.24 bits per heavy atom. The normalized spacial score (nSPS) is 12.1. The van der Waals surface area contributed by atoms with E-state index in [9.17, 15) is 24.5 Å². The number of esters is 1. The van der Waals surface area contributed by atoms with E-state index in [0.717, 1.165) is 0 Å². The van der Waals surface area contributed by atoms with Gasteiger partial charge in [-0.3, -0.25) is 24.5 Å². The highest BCUT2D eigenvalue weighted by atomic mass is 16.6. The van der Waals surface area contributed by atoms with E-state index >= 15 is 0 Å². The molecule has 1 aliphatic heterocycles. The summed E-state index contributed by atoms with van der Waals surface area (Å²) in [6.07, 6.45) is -0.259. The fourth-order valence-electron chi connectivity index (χ4n) is 2.65. The fraction of sp³-hybridized carbons (Fsp3) is 0.250. The van der Waals surface area contributed by atoms with E-state index in [0.29, 0.717) is 30.3 Å². The summed E-state index contributed by atoms with van der Waals surface area (Å²) in [7, 11) is 0. The molecule has 1 aliphatic rings. The van der Waals surface area contributed by atoms with Crippen molar-refractivity contribution >= 4 is 23.2 Å². The van der Waals surface area contributed by atoms with Gasteiger partial charge in [-0.15, -0.1) is 0 Å². The highest BCUT2D eigenvalue weighted by Gasteiger charge is 2.17. The number of hydrogen-bond acceptors (Lipinski definition) is 8. The molecule has 0 fully saturated rings. The number of nitrogens with zero attached hydrogens (tertiary/aromatic N) is 1. The van der Waals surface area contributed by atoms with Crippen LogP contribution < -0.4 is 9.47 Å². The van der Waals surface area contributed by atoms with Crippen molar-refractivity contribution in [2.75, 3.05) is 19.8 Å². The van der Waals surface area contributed by atoms with Crippen LogP contribution in [0.5, 0.6) is 11.5 Å². The Hall–Kier alpha value is -3.75. The first kappa shape index (κ1) is 20.0. The molecule has 0 atom stereocenters. The predicted molar refractivity (Wildman–Crippen MR) is 99.4 cm³/mol. The van der Waals surface area contributed by atoms with Gasteiger partial charge in [0.2, 0.25) is 0 Å². The number of benzene rings is 2. The molecule has 2 aromatic carbocycles. The van der Waals surface area contributed by atoms with Crippen molar-refractivity contribution in [2.24, 2.45) is 0 Å². The first-order valence-electron chi connectivity index (χ1n) is 8.80. The summed E-state index contributed by atoms with van der Waals surface area (Å²) in [4.78, 5) is 46.1. The van der Waals surface area contributed by atoms with E-state index < -0.39 is 23.3 Å². The Labute approximate surface area is 165 Å². The average molecular weight is 399 g/mol. The number of rotatable bonds is 8. The van der Waals surface area contributed by atoms with Crippen LogP contribution in [-0.4, -0.2) is 42.3 Å². The predicted octanol–water partition coefficient (Wildman–Crippen LogP) is 2.76. The molecule has 0 unspecified atom stereocenters. The first-order valence-corrected chi connectivity index (χ1v) is 8.80. The Morgan fingerprint density at radius 1 is 0.897 bits per heavy atom. The number of non-ortho nitro benzene ring substituents is 1. The lowest BCUT2D eigenvalue weighted by Crippen LogP contribution is -2.16. The molecule has 150 valence electrons. The number of nitro groups is 1. The second kappa shape index (κ2) is 8.96. The molecular formula is C20H17NO8. The molecule has 0 aromatic heterocycles. The van der Waals surface area contributed by atoms with Gasteiger partial charge >= 0.3 is 5.97 Å². The third-order valence-electron chi connectivity index (χ3n) is 4.18. The molecule has 0 aliphatic carbocycles. The highest BCUT2D eigenvalue weighted by molar-refractivity contribution is 5.99. The van der Waals surface area contributed by atoms with Gasteiger partial charge in [0, 0.05) is 29.7 Å². The minimum atomic E-state index is -0.689. The van der Waals surface area contributed by atoms with Crippen molar-refractivity contribution in [3.05, 3.63) is 63.7 Å². The van der Waals surface area contributed by atoms with E-state index in [-0.39, 0.29) is 29.9 Å². The molecule has 0 N–H and O–H groups in total. The van der Waals surface area contributed by atoms with Crippen LogP contribution in [0.1, 0.15) is 33.6 Å². The van der Waals surface area contributed by atoms with Crippen LogP contribution in [0.4, 0.5) is 5.69 Å². The molecule has 29 heavy (non-hydrogen) atoms. The van der Waals surface area contributed by atoms with Crippen molar-refractivity contribution in [2.45, 2.75) is 12.8 Å². The lowest BCUT2D eigenvalue weighted by Gasteiger charge is -2.18. The number of ether oxygens (including phenoxy) is 3. The maximum absolute atomic E-state index is 12.3. The minimum Gasteiger partial charge on any atom is -0.486 e. The summed E-state index contributed by atoms with van der Waals surface area (Å²) < 4.78 is 15.7. The number of carbonyl (C=O) groups is 3. The molecule has 0 saturated carbocycles. The van der Waals surface area contributed by atoms with Crippen LogP contribution in [0.15, 0.2) is 42.5 Å². The Kier molecular flexibility index (Phi) is 6.18. The standard InChI is InChI=1S/C20H17NO8/c22-16(14-3-7-18-19(11-14)28-10-9-27-18)6-8-20(24)29-12-17(23)13-1-4-15(5-2-13)21(25)26/h1-5,7,11H,6,8-10,12H2. The average Bonchev–Trinajstić information content (AvgIpc) is 2.75. The number of hydrogen-bond donors (Lipinski definition) is 0. The van der Waals surface area contributed by atoms with Crippen molar-refractivity contribution in [1.82, 2.24) is 0 Å². The second-order valence-corrected chi connectivity index (χ2v) is 6.17. The number of fused-ring (bicyclic) bond motifs is 1. The third kappa shape index (κ3) is 5.16. The summed E-state index contributed by atoms with van der Waals surface area (Å²) in [6.45, 7) is 0.347. The van der Waals surface area contributed by atoms with Gasteiger partial charge in [-0.05, 0) is 30.3 Å². The van der Waals surface area contributed by atoms with Gasteiger partial charge < -0.3 is 14.2 Å². The van der Waals surface area contributed by atoms with Gasteiger partial charge in [-0.1, -0.05) is 0 Å². The molecule has 2 aromatic rings. The van der Waals surface area contributed by atoms with Gasteiger partial charge in [-0.2, -0.15) is 0 Å². The largest absolute Gasteiger partial charge is 0.486 e. The van der Waals surface area contributed by atoms with Gasteiger partial charge in [0.1, 0.15) is 13.2 Å². The molecule has 0 radical (unpaired) electrons. The molecule has 9 heteroatoms. The Bertz CT molecular complexity index is 951. The number of ketones is 2. The quantitative estimate of drug-likeness (QED) is 0.287. The molecule has 0 saturated heterocycles. The number of nitro benzene ring substituents is 1. The molecule has 9 nitrogen and oxygen atoms in total. The maximum Gasteiger partial charge on any atom is 0.306 e. The van der Waals surface area contributed by atoms with Crippen molar-refractivity contribution in [1.29, 1.82) is 0 Å². The molecular weight excluding hydrogens is 382 g/mol. The zero-order valence-electron chi connectivity index (χ0n) is 15.3. The van der Waals surface area contributed by atoms with Crippen LogP contribution in [0.25, 0.3) is 0 Å². The molecule has 0 spiro atoms. The summed E-state index contributed by atoms with van der Waals surface area (Å²) in [5.74, 6) is -0.395. The summed E-state index contributed by atoms with van der Waals surface area (Å²) >= 11 is 0. The monoisotopic (exact) mass is 399 g/mol. The fourth-order valence-corrected chi connectivity index (χ4v) is 2.65. The molecule has 0 bridgehead atoms. The lowest BCUT2D eigenvalue weighted by atomic mass is 10.1. The maximum atomic E-state index is 12.3. The van der Waals surface area contributed by atoms with E-state index in [2.05, 4.69) is 0 Å². The van der Waals surface area contributed by atoms with E-state index in [1.807, 2.05) is 0 Å². The van der Waals surface area contributed by atoms with E-state index in [1.54, 1.807) is 18.2 Å². The van der Waals surface area contributed by atoms with Crippen LogP contribution in [0.3, 0.4) is 0 Å². The van der Waals surface area contributed by atoms with Crippen LogP contribution >= 0.6 is 0 Å². The third-order valence-corrected chi connectivity index (χ3v) is 4.18. The number of Topliss-reactive ketones (excluding diaryl/α,β-unsaturated/α-hetero) is 2. The van der Waals surface area contributed by atoms with Crippen LogP contribution in [-0.2, 0) is 9.53 Å². The summed E-state index contributed by atoms with van der Waals surface area (Å²) in [5, 5.41) is 10.6.